The van der Waals surface area contributed by atoms with Crippen LogP contribution in [0.2, 0.25) is 0 Å². The fourth-order valence-corrected chi connectivity index (χ4v) is 3.92. The number of ether oxygens (including phenoxy) is 5. The molecular weight excluding hydrogens is 426 g/mol. The minimum absolute atomic E-state index is 0.205. The molecule has 0 saturated carbocycles. The first-order valence-corrected chi connectivity index (χ1v) is 11.1. The summed E-state index contributed by atoms with van der Waals surface area (Å²) in [6.45, 7) is 6.02. The maximum Gasteiger partial charge on any atom is 0.410 e. The molecule has 1 atom stereocenters. The van der Waals surface area contributed by atoms with E-state index >= 15 is 0 Å². The second kappa shape index (κ2) is 10.0. The highest BCUT2D eigenvalue weighted by molar-refractivity contribution is 5.84. The fraction of sp³-hybridized carbons (Fsp3) is 0.440. The van der Waals surface area contributed by atoms with Crippen LogP contribution in [-0.4, -0.2) is 50.4 Å². The number of esters is 1. The lowest BCUT2D eigenvalue weighted by atomic mass is 9.92. The highest BCUT2D eigenvalue weighted by Gasteiger charge is 2.38. The third-order valence-corrected chi connectivity index (χ3v) is 5.55. The van der Waals surface area contributed by atoms with E-state index in [1.54, 1.807) is 6.07 Å². The van der Waals surface area contributed by atoms with E-state index in [0.29, 0.717) is 45.1 Å². The van der Waals surface area contributed by atoms with Gasteiger partial charge in [0, 0.05) is 6.54 Å². The second-order valence-corrected chi connectivity index (χ2v) is 8.47. The summed E-state index contributed by atoms with van der Waals surface area (Å²) in [7, 11) is 1.32. The summed E-state index contributed by atoms with van der Waals surface area (Å²) in [5.41, 5.74) is 2.63. The Morgan fingerprint density at radius 1 is 1.09 bits per heavy atom. The lowest BCUT2D eigenvalue weighted by Crippen LogP contribution is -2.44. The highest BCUT2D eigenvalue weighted by atomic mass is 16.6. The zero-order valence-electron chi connectivity index (χ0n) is 19.2. The lowest BCUT2D eigenvalue weighted by molar-refractivity contribution is -0.147. The van der Waals surface area contributed by atoms with Crippen LogP contribution in [0, 0.1) is 5.92 Å². The van der Waals surface area contributed by atoms with Crippen LogP contribution in [0.15, 0.2) is 36.4 Å². The summed E-state index contributed by atoms with van der Waals surface area (Å²) < 4.78 is 27.5. The number of carbonyl (C=O) groups excluding carboxylic acids is 2. The van der Waals surface area contributed by atoms with Crippen molar-refractivity contribution < 1.29 is 33.3 Å². The van der Waals surface area contributed by atoms with Gasteiger partial charge in [-0.15, -0.1) is 0 Å². The Kier molecular flexibility index (Phi) is 6.91. The third kappa shape index (κ3) is 5.16. The van der Waals surface area contributed by atoms with Gasteiger partial charge in [-0.25, -0.2) is 9.59 Å². The third-order valence-electron chi connectivity index (χ3n) is 5.55. The van der Waals surface area contributed by atoms with Crippen molar-refractivity contribution in [3.63, 3.8) is 0 Å². The number of fused-ring (bicyclic) bond motifs is 2. The predicted molar refractivity (Wildman–Crippen MR) is 120 cm³/mol. The molecule has 0 aromatic heterocycles. The van der Waals surface area contributed by atoms with Crippen molar-refractivity contribution in [1.82, 2.24) is 4.90 Å². The second-order valence-electron chi connectivity index (χ2n) is 8.47. The first kappa shape index (κ1) is 22.8. The Hall–Kier alpha value is -3.42. The van der Waals surface area contributed by atoms with Crippen molar-refractivity contribution in [2.75, 3.05) is 33.5 Å². The van der Waals surface area contributed by atoms with Crippen LogP contribution in [0.4, 0.5) is 4.79 Å². The summed E-state index contributed by atoms with van der Waals surface area (Å²) in [5.74, 6) is 1.85. The van der Waals surface area contributed by atoms with E-state index < -0.39 is 18.1 Å². The van der Waals surface area contributed by atoms with E-state index in [9.17, 15) is 9.59 Å². The summed E-state index contributed by atoms with van der Waals surface area (Å²) in [5, 5.41) is 0. The van der Waals surface area contributed by atoms with Crippen molar-refractivity contribution in [2.45, 2.75) is 32.9 Å². The van der Waals surface area contributed by atoms with Gasteiger partial charge in [0.15, 0.2) is 17.5 Å². The zero-order chi connectivity index (χ0) is 23.4. The lowest BCUT2D eigenvalue weighted by Gasteiger charge is -2.35. The normalized spacial score (nSPS) is 16.7. The van der Waals surface area contributed by atoms with E-state index in [4.69, 9.17) is 23.7 Å². The molecule has 0 aliphatic carbocycles. The van der Waals surface area contributed by atoms with Gasteiger partial charge in [-0.2, -0.15) is 0 Å². The predicted octanol–water partition coefficient (Wildman–Crippen LogP) is 3.90. The largest absolute Gasteiger partial charge is 0.489 e. The molecule has 0 spiro atoms. The molecule has 2 aliphatic rings. The van der Waals surface area contributed by atoms with Gasteiger partial charge in [-0.05, 0) is 53.3 Å². The van der Waals surface area contributed by atoms with Crippen molar-refractivity contribution in [3.05, 3.63) is 53.1 Å². The number of carbonyl (C=O) groups is 2. The molecule has 0 bridgehead atoms. The molecule has 1 amide bonds. The van der Waals surface area contributed by atoms with Gasteiger partial charge in [-0.1, -0.05) is 26.0 Å². The van der Waals surface area contributed by atoms with Gasteiger partial charge in [0.25, 0.3) is 0 Å². The molecule has 0 fully saturated rings. The summed E-state index contributed by atoms with van der Waals surface area (Å²) in [6.07, 6.45) is 0.0737. The number of hydrogen-bond acceptors (Lipinski definition) is 7. The van der Waals surface area contributed by atoms with E-state index in [1.165, 1.54) is 12.0 Å². The molecule has 4 rings (SSSR count). The Labute approximate surface area is 193 Å². The minimum atomic E-state index is -0.842. The number of nitrogens with zero attached hydrogens (tertiary/aromatic N) is 1. The van der Waals surface area contributed by atoms with Crippen molar-refractivity contribution in [1.29, 1.82) is 0 Å². The summed E-state index contributed by atoms with van der Waals surface area (Å²) >= 11 is 0. The van der Waals surface area contributed by atoms with Crippen LogP contribution in [0.5, 0.6) is 17.2 Å². The number of methoxy groups -OCH3 is 1. The van der Waals surface area contributed by atoms with Crippen LogP contribution in [-0.2, 0) is 27.3 Å². The minimum Gasteiger partial charge on any atom is -0.489 e. The maximum absolute atomic E-state index is 12.6. The van der Waals surface area contributed by atoms with Crippen LogP contribution in [0.25, 0.3) is 0 Å². The number of benzene rings is 2. The SMILES string of the molecule is COC(=O)C1c2ccc(OCc3ccc4c(c3)OCCO4)cc2CCN1C(=O)OCC(C)C. The van der Waals surface area contributed by atoms with Gasteiger partial charge in [0.1, 0.15) is 25.6 Å². The molecule has 2 heterocycles. The zero-order valence-corrected chi connectivity index (χ0v) is 19.2. The molecule has 2 aliphatic heterocycles. The molecule has 176 valence electrons. The highest BCUT2D eigenvalue weighted by Crippen LogP contribution is 2.34. The number of hydrogen-bond donors (Lipinski definition) is 0. The first-order chi connectivity index (χ1) is 16.0. The van der Waals surface area contributed by atoms with Crippen LogP contribution >= 0.6 is 0 Å². The number of rotatable bonds is 6. The molecule has 2 aromatic rings. The Morgan fingerprint density at radius 2 is 1.88 bits per heavy atom. The van der Waals surface area contributed by atoms with E-state index in [1.807, 2.05) is 44.2 Å². The van der Waals surface area contributed by atoms with Gasteiger partial charge in [0.05, 0.1) is 13.7 Å². The topological polar surface area (TPSA) is 83.5 Å². The number of amides is 1. The standard InChI is InChI=1S/C25H29NO7/c1-16(2)14-33-25(28)26-9-8-18-13-19(5-6-20(18)23(26)24(27)29-3)32-15-17-4-7-21-22(12-17)31-11-10-30-21/h4-7,12-13,16,23H,8-11,14-15H2,1-3H3. The van der Waals surface area contributed by atoms with Crippen LogP contribution in [0.3, 0.4) is 0 Å². The van der Waals surface area contributed by atoms with E-state index in [2.05, 4.69) is 0 Å². The smallest absolute Gasteiger partial charge is 0.410 e. The summed E-state index contributed by atoms with van der Waals surface area (Å²) in [6, 6.07) is 10.4. The monoisotopic (exact) mass is 455 g/mol. The average molecular weight is 456 g/mol. The maximum atomic E-state index is 12.6. The molecule has 8 heteroatoms. The van der Waals surface area contributed by atoms with Gasteiger partial charge >= 0.3 is 12.1 Å². The molecule has 2 aromatic carbocycles. The summed E-state index contributed by atoms with van der Waals surface area (Å²) in [4.78, 5) is 26.6. The van der Waals surface area contributed by atoms with E-state index in [-0.39, 0.29) is 5.92 Å². The molecule has 8 nitrogen and oxygen atoms in total. The molecule has 1 unspecified atom stereocenters. The van der Waals surface area contributed by atoms with Crippen LogP contribution < -0.4 is 14.2 Å². The van der Waals surface area contributed by atoms with Gasteiger partial charge < -0.3 is 23.7 Å². The quantitative estimate of drug-likeness (QED) is 0.611. The van der Waals surface area contributed by atoms with Gasteiger partial charge in [-0.3, -0.25) is 4.90 Å². The van der Waals surface area contributed by atoms with Crippen molar-refractivity contribution in [3.8, 4) is 17.2 Å². The molecule has 0 radical (unpaired) electrons. The fourth-order valence-electron chi connectivity index (χ4n) is 3.92. The van der Waals surface area contributed by atoms with Crippen molar-refractivity contribution >= 4 is 12.1 Å². The first-order valence-electron chi connectivity index (χ1n) is 11.1. The Morgan fingerprint density at radius 3 is 2.64 bits per heavy atom. The van der Waals surface area contributed by atoms with Gasteiger partial charge in [0.2, 0.25) is 0 Å². The average Bonchev–Trinajstić information content (AvgIpc) is 2.84. The van der Waals surface area contributed by atoms with E-state index in [0.717, 1.165) is 28.2 Å². The van der Waals surface area contributed by atoms with Crippen molar-refractivity contribution in [2.24, 2.45) is 5.92 Å². The Balaban J connectivity index is 1.48. The molecular formula is C25H29NO7. The Bertz CT molecular complexity index is 1020. The molecule has 33 heavy (non-hydrogen) atoms. The van der Waals surface area contributed by atoms with Crippen LogP contribution in [0.1, 0.15) is 36.6 Å². The molecule has 0 N–H and O–H groups in total. The molecule has 0 saturated heterocycles.